The van der Waals surface area contributed by atoms with E-state index in [0.717, 1.165) is 23.1 Å². The highest BCUT2D eigenvalue weighted by Gasteiger charge is 2.38. The maximum absolute atomic E-state index is 6.28. The van der Waals surface area contributed by atoms with Gasteiger partial charge in [-0.1, -0.05) is 140 Å². The van der Waals surface area contributed by atoms with Crippen LogP contribution in [0.3, 0.4) is 0 Å². The lowest BCUT2D eigenvalue weighted by atomic mass is 9.93. The number of ether oxygens (including phenoxy) is 2. The Morgan fingerprint density at radius 3 is 1.47 bits per heavy atom. The van der Waals surface area contributed by atoms with Gasteiger partial charge in [0.05, 0.1) is 13.2 Å². The van der Waals surface area contributed by atoms with Crippen LogP contribution in [0.4, 0.5) is 0 Å². The maximum atomic E-state index is 6.28. The summed E-state index contributed by atoms with van der Waals surface area (Å²) in [6, 6.07) is 48.7. The lowest BCUT2D eigenvalue weighted by molar-refractivity contribution is -0.249. The van der Waals surface area contributed by atoms with Crippen molar-refractivity contribution < 1.29 is 9.47 Å². The first kappa shape index (κ1) is 24.1. The first-order valence-electron chi connectivity index (χ1n) is 13.2. The first-order valence-corrected chi connectivity index (χ1v) is 13.2. The van der Waals surface area contributed by atoms with Crippen LogP contribution in [0.2, 0.25) is 0 Å². The molecule has 186 valence electrons. The predicted octanol–water partition coefficient (Wildman–Crippen LogP) is 8.58. The molecule has 38 heavy (non-hydrogen) atoms. The molecule has 0 saturated carbocycles. The van der Waals surface area contributed by atoms with E-state index in [9.17, 15) is 0 Å². The summed E-state index contributed by atoms with van der Waals surface area (Å²) in [6.45, 7) is 1.36. The molecule has 0 amide bonds. The zero-order valence-electron chi connectivity index (χ0n) is 21.3. The van der Waals surface area contributed by atoms with Gasteiger partial charge in [0.1, 0.15) is 0 Å². The Bertz CT molecular complexity index is 1440. The molecule has 1 heterocycles. The van der Waals surface area contributed by atoms with Crippen LogP contribution in [0.25, 0.3) is 22.8 Å². The van der Waals surface area contributed by atoms with Gasteiger partial charge >= 0.3 is 0 Å². The molecule has 2 nitrogen and oxygen atoms in total. The Morgan fingerprint density at radius 1 is 0.500 bits per heavy atom. The van der Waals surface area contributed by atoms with Gasteiger partial charge in [-0.15, -0.1) is 0 Å². The van der Waals surface area contributed by atoms with Crippen LogP contribution >= 0.6 is 0 Å². The van der Waals surface area contributed by atoms with Crippen LogP contribution in [0, 0.1) is 0 Å². The number of rotatable bonds is 6. The Labute approximate surface area is 224 Å². The molecule has 0 radical (unpaired) electrons. The lowest BCUT2D eigenvalue weighted by Crippen LogP contribution is -2.39. The van der Waals surface area contributed by atoms with Crippen molar-refractivity contribution in [2.45, 2.75) is 12.2 Å². The molecule has 0 N–H and O–H groups in total. The second kappa shape index (κ2) is 11.0. The van der Waals surface area contributed by atoms with Crippen LogP contribution in [-0.2, 0) is 15.3 Å². The van der Waals surface area contributed by atoms with Crippen LogP contribution in [0.1, 0.15) is 34.2 Å². The SMILES string of the molecule is C(=C(c1ccccc1)c1ccccc1)c1ccc(-c2ccc(C3(c4ccccc4)OCCCO3)cc2)cc1. The van der Waals surface area contributed by atoms with Crippen molar-refractivity contribution in [3.8, 4) is 11.1 Å². The van der Waals surface area contributed by atoms with Crippen molar-refractivity contribution in [2.24, 2.45) is 0 Å². The molecule has 0 atom stereocenters. The maximum Gasteiger partial charge on any atom is 0.222 e. The van der Waals surface area contributed by atoms with Gasteiger partial charge < -0.3 is 9.47 Å². The van der Waals surface area contributed by atoms with Gasteiger partial charge in [0.2, 0.25) is 5.79 Å². The van der Waals surface area contributed by atoms with Crippen molar-refractivity contribution >= 4 is 11.6 Å². The van der Waals surface area contributed by atoms with E-state index in [1.54, 1.807) is 0 Å². The van der Waals surface area contributed by atoms with Gasteiger partial charge in [-0.05, 0) is 45.9 Å². The topological polar surface area (TPSA) is 18.5 Å². The second-order valence-corrected chi connectivity index (χ2v) is 9.52. The average Bonchev–Trinajstić information content (AvgIpc) is 3.02. The summed E-state index contributed by atoms with van der Waals surface area (Å²) in [7, 11) is 0. The molecule has 0 aliphatic carbocycles. The predicted molar refractivity (Wildman–Crippen MR) is 155 cm³/mol. The minimum absolute atomic E-state index is 0.680. The largest absolute Gasteiger partial charge is 0.342 e. The molecule has 1 saturated heterocycles. The summed E-state index contributed by atoms with van der Waals surface area (Å²) in [5.74, 6) is -0.849. The van der Waals surface area contributed by atoms with Gasteiger partial charge in [-0.3, -0.25) is 0 Å². The molecule has 0 unspecified atom stereocenters. The Hall–Kier alpha value is -4.24. The summed E-state index contributed by atoms with van der Waals surface area (Å²) in [5.41, 5.74) is 9.17. The van der Waals surface area contributed by atoms with Crippen LogP contribution in [0.15, 0.2) is 140 Å². The quantitative estimate of drug-likeness (QED) is 0.220. The highest BCUT2D eigenvalue weighted by molar-refractivity contribution is 5.91. The molecule has 2 heteroatoms. The summed E-state index contributed by atoms with van der Waals surface area (Å²) in [5, 5.41) is 0. The standard InChI is InChI=1S/C36H30O2/c1-4-11-31(12-5-1)35(32-13-6-2-7-14-32)27-28-17-19-29(20-18-28)30-21-23-34(24-22-30)36(37-25-10-26-38-36)33-15-8-3-9-16-33/h1-9,11-24,27H,10,25-26H2. The van der Waals surface area contributed by atoms with Gasteiger partial charge in [0.15, 0.2) is 0 Å². The molecule has 6 rings (SSSR count). The Kier molecular flexibility index (Phi) is 6.99. The smallest absolute Gasteiger partial charge is 0.222 e. The lowest BCUT2D eigenvalue weighted by Gasteiger charge is -2.38. The van der Waals surface area contributed by atoms with E-state index in [1.807, 2.05) is 18.2 Å². The molecule has 1 fully saturated rings. The fourth-order valence-electron chi connectivity index (χ4n) is 5.08. The van der Waals surface area contributed by atoms with Crippen LogP contribution < -0.4 is 0 Å². The summed E-state index contributed by atoms with van der Waals surface area (Å²) >= 11 is 0. The molecule has 0 spiro atoms. The van der Waals surface area contributed by atoms with E-state index in [2.05, 4.69) is 127 Å². The number of hydrogen-bond donors (Lipinski definition) is 0. The summed E-state index contributed by atoms with van der Waals surface area (Å²) in [4.78, 5) is 0. The minimum atomic E-state index is -0.849. The molecular formula is C36H30O2. The van der Waals surface area contributed by atoms with E-state index >= 15 is 0 Å². The van der Waals surface area contributed by atoms with E-state index in [4.69, 9.17) is 9.47 Å². The van der Waals surface area contributed by atoms with Crippen LogP contribution in [0.5, 0.6) is 0 Å². The highest BCUT2D eigenvalue weighted by Crippen LogP contribution is 2.38. The molecule has 5 aromatic carbocycles. The number of hydrogen-bond acceptors (Lipinski definition) is 2. The van der Waals surface area contributed by atoms with E-state index in [1.165, 1.54) is 27.8 Å². The average molecular weight is 495 g/mol. The van der Waals surface area contributed by atoms with Gasteiger partial charge in [0, 0.05) is 11.1 Å². The molecule has 5 aromatic rings. The van der Waals surface area contributed by atoms with Gasteiger partial charge in [-0.2, -0.15) is 0 Å². The highest BCUT2D eigenvalue weighted by atomic mass is 16.7. The van der Waals surface area contributed by atoms with Crippen molar-refractivity contribution in [3.63, 3.8) is 0 Å². The number of benzene rings is 5. The molecular weight excluding hydrogens is 464 g/mol. The molecule has 1 aliphatic heterocycles. The zero-order valence-corrected chi connectivity index (χ0v) is 21.3. The summed E-state index contributed by atoms with van der Waals surface area (Å²) in [6.07, 6.45) is 3.17. The Balaban J connectivity index is 1.29. The third-order valence-corrected chi connectivity index (χ3v) is 7.04. The van der Waals surface area contributed by atoms with E-state index < -0.39 is 5.79 Å². The van der Waals surface area contributed by atoms with Crippen molar-refractivity contribution in [1.29, 1.82) is 0 Å². The molecule has 0 aromatic heterocycles. The third kappa shape index (κ3) is 4.97. The Morgan fingerprint density at radius 2 is 0.947 bits per heavy atom. The van der Waals surface area contributed by atoms with Crippen molar-refractivity contribution in [1.82, 2.24) is 0 Å². The monoisotopic (exact) mass is 494 g/mol. The minimum Gasteiger partial charge on any atom is -0.342 e. The fraction of sp³-hybridized carbons (Fsp3) is 0.111. The summed E-state index contributed by atoms with van der Waals surface area (Å²) < 4.78 is 12.6. The first-order chi connectivity index (χ1) is 18.8. The van der Waals surface area contributed by atoms with Crippen molar-refractivity contribution in [3.05, 3.63) is 167 Å². The van der Waals surface area contributed by atoms with Crippen molar-refractivity contribution in [2.75, 3.05) is 13.2 Å². The normalized spacial score (nSPS) is 14.5. The van der Waals surface area contributed by atoms with Gasteiger partial charge in [0.25, 0.3) is 0 Å². The second-order valence-electron chi connectivity index (χ2n) is 9.52. The molecule has 1 aliphatic rings. The third-order valence-electron chi connectivity index (χ3n) is 7.04. The van der Waals surface area contributed by atoms with E-state index in [0.29, 0.717) is 13.2 Å². The van der Waals surface area contributed by atoms with Crippen LogP contribution in [-0.4, -0.2) is 13.2 Å². The zero-order chi connectivity index (χ0) is 25.6. The molecule has 0 bridgehead atoms. The van der Waals surface area contributed by atoms with E-state index in [-0.39, 0.29) is 0 Å². The van der Waals surface area contributed by atoms with Gasteiger partial charge in [-0.25, -0.2) is 0 Å². The fourth-order valence-corrected chi connectivity index (χ4v) is 5.08.